The Morgan fingerprint density at radius 1 is 1.30 bits per heavy atom. The van der Waals surface area contributed by atoms with Crippen molar-refractivity contribution in [3.63, 3.8) is 0 Å². The Kier molecular flexibility index (Phi) is 5.30. The average Bonchev–Trinajstić information content (AvgIpc) is 2.53. The van der Waals surface area contributed by atoms with Gasteiger partial charge in [-0.3, -0.25) is 15.1 Å². The molecule has 1 N–H and O–H groups in total. The summed E-state index contributed by atoms with van der Waals surface area (Å²) < 4.78 is 5.44. The maximum Gasteiger partial charge on any atom is 0.271 e. The molecule has 0 radical (unpaired) electrons. The van der Waals surface area contributed by atoms with Crippen molar-refractivity contribution in [2.75, 3.05) is 6.61 Å². The van der Waals surface area contributed by atoms with Crippen molar-refractivity contribution >= 4 is 17.6 Å². The van der Waals surface area contributed by atoms with E-state index in [0.29, 0.717) is 23.6 Å². The SMILES string of the molecule is CCCOc1ccc(C=Nc2cc([N+](=O)[O-])ccc2C)c(O)c1. The zero-order valence-electron chi connectivity index (χ0n) is 13.0. The van der Waals surface area contributed by atoms with Gasteiger partial charge in [0, 0.05) is 30.0 Å². The van der Waals surface area contributed by atoms with Crippen molar-refractivity contribution < 1.29 is 14.8 Å². The standard InChI is InChI=1S/C17H18N2O4/c1-3-8-23-15-7-5-13(17(20)10-15)11-18-16-9-14(19(21)22)6-4-12(16)2/h4-7,9-11,20H,3,8H2,1-2H3. The van der Waals surface area contributed by atoms with Gasteiger partial charge in [-0.1, -0.05) is 13.0 Å². The largest absolute Gasteiger partial charge is 0.507 e. The molecular weight excluding hydrogens is 296 g/mol. The summed E-state index contributed by atoms with van der Waals surface area (Å²) in [6.07, 6.45) is 2.36. The third-order valence-corrected chi connectivity index (χ3v) is 3.22. The molecule has 0 amide bonds. The zero-order chi connectivity index (χ0) is 16.8. The molecular formula is C17H18N2O4. The van der Waals surface area contributed by atoms with Gasteiger partial charge < -0.3 is 9.84 Å². The van der Waals surface area contributed by atoms with Crippen LogP contribution in [0.3, 0.4) is 0 Å². The number of ether oxygens (including phenoxy) is 1. The van der Waals surface area contributed by atoms with Crippen LogP contribution in [-0.4, -0.2) is 22.9 Å². The number of aromatic hydroxyl groups is 1. The van der Waals surface area contributed by atoms with E-state index in [9.17, 15) is 15.2 Å². The summed E-state index contributed by atoms with van der Waals surface area (Å²) >= 11 is 0. The minimum Gasteiger partial charge on any atom is -0.507 e. The minimum atomic E-state index is -0.463. The van der Waals surface area contributed by atoms with Crippen LogP contribution in [0.2, 0.25) is 0 Å². The fraction of sp³-hybridized carbons (Fsp3) is 0.235. The molecule has 0 bridgehead atoms. The molecule has 0 spiro atoms. The highest BCUT2D eigenvalue weighted by atomic mass is 16.6. The number of nitrogens with zero attached hydrogens (tertiary/aromatic N) is 2. The Morgan fingerprint density at radius 2 is 2.09 bits per heavy atom. The predicted molar refractivity (Wildman–Crippen MR) is 89.0 cm³/mol. The third kappa shape index (κ3) is 4.29. The van der Waals surface area contributed by atoms with Gasteiger partial charge >= 0.3 is 0 Å². The van der Waals surface area contributed by atoms with Gasteiger partial charge in [-0.2, -0.15) is 0 Å². The molecule has 6 nitrogen and oxygen atoms in total. The molecule has 0 aliphatic carbocycles. The Bertz CT molecular complexity index is 741. The van der Waals surface area contributed by atoms with Crippen LogP contribution < -0.4 is 4.74 Å². The number of phenols is 1. The maximum absolute atomic E-state index is 10.8. The van der Waals surface area contributed by atoms with E-state index in [4.69, 9.17) is 4.74 Å². The molecule has 0 saturated carbocycles. The monoisotopic (exact) mass is 314 g/mol. The van der Waals surface area contributed by atoms with E-state index in [0.717, 1.165) is 12.0 Å². The lowest BCUT2D eigenvalue weighted by Crippen LogP contribution is -1.95. The number of non-ortho nitro benzene ring substituents is 1. The third-order valence-electron chi connectivity index (χ3n) is 3.22. The minimum absolute atomic E-state index is 0.0183. The molecule has 23 heavy (non-hydrogen) atoms. The van der Waals surface area contributed by atoms with Gasteiger partial charge in [-0.25, -0.2) is 0 Å². The van der Waals surface area contributed by atoms with E-state index in [1.807, 2.05) is 13.8 Å². The highest BCUT2D eigenvalue weighted by Gasteiger charge is 2.08. The number of rotatable bonds is 6. The number of hydrogen-bond acceptors (Lipinski definition) is 5. The molecule has 0 aliphatic heterocycles. The van der Waals surface area contributed by atoms with E-state index < -0.39 is 4.92 Å². The lowest BCUT2D eigenvalue weighted by atomic mass is 10.1. The highest BCUT2D eigenvalue weighted by molar-refractivity contribution is 5.86. The van der Waals surface area contributed by atoms with Crippen molar-refractivity contribution in [2.45, 2.75) is 20.3 Å². The summed E-state index contributed by atoms with van der Waals surface area (Å²) in [6, 6.07) is 9.45. The van der Waals surface area contributed by atoms with Gasteiger partial charge in [-0.05, 0) is 31.0 Å². The van der Waals surface area contributed by atoms with Gasteiger partial charge in [0.25, 0.3) is 5.69 Å². The summed E-state index contributed by atoms with van der Waals surface area (Å²) in [5, 5.41) is 20.8. The molecule has 6 heteroatoms. The van der Waals surface area contributed by atoms with Crippen molar-refractivity contribution in [1.82, 2.24) is 0 Å². The summed E-state index contributed by atoms with van der Waals surface area (Å²) in [5.41, 5.74) is 1.80. The number of benzene rings is 2. The van der Waals surface area contributed by atoms with Crippen LogP contribution in [0.15, 0.2) is 41.4 Å². The second-order valence-corrected chi connectivity index (χ2v) is 5.06. The second kappa shape index (κ2) is 7.40. The fourth-order valence-corrected chi connectivity index (χ4v) is 1.93. The van der Waals surface area contributed by atoms with Gasteiger partial charge in [0.2, 0.25) is 0 Å². The molecule has 2 aromatic rings. The van der Waals surface area contributed by atoms with Gasteiger partial charge in [0.05, 0.1) is 17.2 Å². The Labute approximate surface area is 134 Å². The molecule has 0 saturated heterocycles. The lowest BCUT2D eigenvalue weighted by Gasteiger charge is -2.06. The first kappa shape index (κ1) is 16.5. The molecule has 2 rings (SSSR count). The first-order valence-electron chi connectivity index (χ1n) is 7.26. The van der Waals surface area contributed by atoms with E-state index >= 15 is 0 Å². The van der Waals surface area contributed by atoms with Crippen LogP contribution in [0, 0.1) is 17.0 Å². The van der Waals surface area contributed by atoms with E-state index in [1.54, 1.807) is 18.2 Å². The van der Waals surface area contributed by atoms with Crippen molar-refractivity contribution in [3.05, 3.63) is 57.6 Å². The topological polar surface area (TPSA) is 85.0 Å². The highest BCUT2D eigenvalue weighted by Crippen LogP contribution is 2.26. The van der Waals surface area contributed by atoms with Crippen LogP contribution >= 0.6 is 0 Å². The van der Waals surface area contributed by atoms with E-state index in [-0.39, 0.29) is 11.4 Å². The molecule has 0 unspecified atom stereocenters. The molecule has 0 atom stereocenters. The van der Waals surface area contributed by atoms with Crippen LogP contribution in [0.4, 0.5) is 11.4 Å². The van der Waals surface area contributed by atoms with Gasteiger partial charge in [0.15, 0.2) is 0 Å². The van der Waals surface area contributed by atoms with Crippen LogP contribution in [0.5, 0.6) is 11.5 Å². The molecule has 2 aromatic carbocycles. The van der Waals surface area contributed by atoms with Crippen molar-refractivity contribution in [3.8, 4) is 11.5 Å². The molecule has 0 fully saturated rings. The number of aryl methyl sites for hydroxylation is 1. The van der Waals surface area contributed by atoms with Crippen LogP contribution in [-0.2, 0) is 0 Å². The maximum atomic E-state index is 10.8. The molecule has 0 aliphatic rings. The fourth-order valence-electron chi connectivity index (χ4n) is 1.93. The first-order chi connectivity index (χ1) is 11.0. The Hall–Kier alpha value is -2.89. The predicted octanol–water partition coefficient (Wildman–Crippen LogP) is 4.15. The summed E-state index contributed by atoms with van der Waals surface area (Å²) in [5.74, 6) is 0.637. The van der Waals surface area contributed by atoms with Crippen molar-refractivity contribution in [1.29, 1.82) is 0 Å². The number of nitro groups is 1. The number of hydrogen-bond donors (Lipinski definition) is 1. The summed E-state index contributed by atoms with van der Waals surface area (Å²) in [4.78, 5) is 14.6. The zero-order valence-corrected chi connectivity index (χ0v) is 13.0. The summed E-state index contributed by atoms with van der Waals surface area (Å²) in [7, 11) is 0. The molecule has 0 heterocycles. The van der Waals surface area contributed by atoms with Crippen LogP contribution in [0.1, 0.15) is 24.5 Å². The lowest BCUT2D eigenvalue weighted by molar-refractivity contribution is -0.384. The number of phenolic OH excluding ortho intramolecular Hbond substituents is 1. The second-order valence-electron chi connectivity index (χ2n) is 5.06. The quantitative estimate of drug-likeness (QED) is 0.493. The smallest absolute Gasteiger partial charge is 0.271 e. The summed E-state index contributed by atoms with van der Waals surface area (Å²) in [6.45, 7) is 4.40. The molecule has 0 aromatic heterocycles. The Balaban J connectivity index is 2.23. The van der Waals surface area contributed by atoms with E-state index in [1.165, 1.54) is 24.4 Å². The average molecular weight is 314 g/mol. The van der Waals surface area contributed by atoms with Gasteiger partial charge in [0.1, 0.15) is 11.5 Å². The molecule has 120 valence electrons. The first-order valence-corrected chi connectivity index (χ1v) is 7.26. The van der Waals surface area contributed by atoms with Crippen molar-refractivity contribution in [2.24, 2.45) is 4.99 Å². The number of aliphatic imine (C=N–C) groups is 1. The number of nitro benzene ring substituents is 1. The normalized spacial score (nSPS) is 10.9. The van der Waals surface area contributed by atoms with Gasteiger partial charge in [-0.15, -0.1) is 0 Å². The van der Waals surface area contributed by atoms with Crippen LogP contribution in [0.25, 0.3) is 0 Å². The van der Waals surface area contributed by atoms with E-state index in [2.05, 4.69) is 4.99 Å². The Morgan fingerprint density at radius 3 is 2.74 bits per heavy atom.